The van der Waals surface area contributed by atoms with Gasteiger partial charge in [0.15, 0.2) is 0 Å². The van der Waals surface area contributed by atoms with Crippen LogP contribution in [0.1, 0.15) is 4.88 Å². The van der Waals surface area contributed by atoms with Crippen molar-refractivity contribution in [2.75, 3.05) is 5.01 Å². The Hall–Kier alpha value is -2.45. The molecule has 1 aliphatic rings. The lowest BCUT2D eigenvalue weighted by molar-refractivity contribution is -0.117. The highest BCUT2D eigenvalue weighted by Crippen LogP contribution is 2.30. The third-order valence-electron chi connectivity index (χ3n) is 3.95. The number of carbonyl (C=O) groups excluding carboxylic acids is 2. The molecule has 0 atom stereocenters. The van der Waals surface area contributed by atoms with E-state index in [-0.39, 0.29) is 17.4 Å². The number of nitrogens with one attached hydrogen (secondary N) is 1. The number of halogens is 1. The SMILES string of the molecule is O=C1NN(c2ccc(I)cc2)C(=O)/C1=C/c1ccc(-c2ccccc2)s1. The molecule has 6 heteroatoms. The molecule has 0 bridgehead atoms. The molecular weight excluding hydrogens is 459 g/mol. The van der Waals surface area contributed by atoms with Gasteiger partial charge in [0.2, 0.25) is 0 Å². The van der Waals surface area contributed by atoms with Crippen LogP contribution in [-0.4, -0.2) is 11.8 Å². The summed E-state index contributed by atoms with van der Waals surface area (Å²) in [6.07, 6.45) is 1.65. The Morgan fingerprint density at radius 1 is 0.923 bits per heavy atom. The molecule has 3 aromatic rings. The summed E-state index contributed by atoms with van der Waals surface area (Å²) >= 11 is 3.74. The lowest BCUT2D eigenvalue weighted by Gasteiger charge is -2.14. The van der Waals surface area contributed by atoms with Crippen LogP contribution in [0, 0.1) is 3.57 Å². The molecule has 1 N–H and O–H groups in total. The van der Waals surface area contributed by atoms with Gasteiger partial charge in [-0.25, -0.2) is 5.01 Å². The third-order valence-corrected chi connectivity index (χ3v) is 5.75. The minimum absolute atomic E-state index is 0.144. The zero-order valence-corrected chi connectivity index (χ0v) is 16.5. The molecule has 4 rings (SSSR count). The summed E-state index contributed by atoms with van der Waals surface area (Å²) in [6.45, 7) is 0. The smallest absolute Gasteiger partial charge is 0.267 e. The molecule has 4 nitrogen and oxygen atoms in total. The number of thiophene rings is 1. The number of anilines is 1. The fraction of sp³-hybridized carbons (Fsp3) is 0. The van der Waals surface area contributed by atoms with Crippen LogP contribution >= 0.6 is 33.9 Å². The fourth-order valence-electron chi connectivity index (χ4n) is 2.66. The maximum absolute atomic E-state index is 12.7. The number of hydrogen-bond acceptors (Lipinski definition) is 3. The molecule has 0 aliphatic carbocycles. The van der Waals surface area contributed by atoms with Gasteiger partial charge in [-0.05, 0) is 70.6 Å². The highest BCUT2D eigenvalue weighted by atomic mass is 127. The van der Waals surface area contributed by atoms with Crippen molar-refractivity contribution >= 4 is 57.5 Å². The molecule has 2 heterocycles. The molecule has 2 aromatic carbocycles. The van der Waals surface area contributed by atoms with Crippen molar-refractivity contribution in [3.05, 3.63) is 80.8 Å². The minimum atomic E-state index is -0.386. The Kier molecular flexibility index (Phi) is 4.60. The van der Waals surface area contributed by atoms with E-state index in [9.17, 15) is 9.59 Å². The third kappa shape index (κ3) is 3.30. The molecule has 1 fully saturated rings. The van der Waals surface area contributed by atoms with Gasteiger partial charge in [0.05, 0.1) is 5.69 Å². The van der Waals surface area contributed by atoms with Crippen LogP contribution in [0.2, 0.25) is 0 Å². The van der Waals surface area contributed by atoms with Crippen LogP contribution in [0.15, 0.2) is 72.3 Å². The molecule has 26 heavy (non-hydrogen) atoms. The molecule has 0 unspecified atom stereocenters. The Bertz CT molecular complexity index is 1010. The molecule has 0 radical (unpaired) electrons. The summed E-state index contributed by atoms with van der Waals surface area (Å²) in [4.78, 5) is 26.9. The number of amides is 2. The number of carbonyl (C=O) groups is 2. The van der Waals surface area contributed by atoms with Gasteiger partial charge in [0.25, 0.3) is 11.8 Å². The minimum Gasteiger partial charge on any atom is -0.267 e. The Morgan fingerprint density at radius 2 is 1.65 bits per heavy atom. The molecule has 0 saturated carbocycles. The standard InChI is InChI=1S/C20H13IN2O2S/c21-14-6-8-15(9-7-14)23-20(25)17(19(24)22-23)12-16-10-11-18(26-16)13-4-2-1-3-5-13/h1-12H,(H,22,24)/b17-12+. The van der Waals surface area contributed by atoms with E-state index in [1.165, 1.54) is 5.01 Å². The summed E-state index contributed by atoms with van der Waals surface area (Å²) < 4.78 is 1.06. The number of hydrogen-bond donors (Lipinski definition) is 1. The van der Waals surface area contributed by atoms with Crippen LogP contribution in [0.4, 0.5) is 5.69 Å². The highest BCUT2D eigenvalue weighted by Gasteiger charge is 2.34. The van der Waals surface area contributed by atoms with Crippen molar-refractivity contribution < 1.29 is 9.59 Å². The first-order chi connectivity index (χ1) is 12.6. The van der Waals surface area contributed by atoms with Gasteiger partial charge in [-0.15, -0.1) is 11.3 Å². The second kappa shape index (κ2) is 7.05. The molecule has 1 aliphatic heterocycles. The number of hydrazine groups is 1. The van der Waals surface area contributed by atoms with Gasteiger partial charge >= 0.3 is 0 Å². The van der Waals surface area contributed by atoms with E-state index in [1.807, 2.05) is 66.7 Å². The average molecular weight is 472 g/mol. The van der Waals surface area contributed by atoms with E-state index in [0.29, 0.717) is 5.69 Å². The van der Waals surface area contributed by atoms with Crippen LogP contribution in [-0.2, 0) is 9.59 Å². The van der Waals surface area contributed by atoms with E-state index < -0.39 is 0 Å². The molecular formula is C20H13IN2O2S. The molecule has 128 valence electrons. The molecule has 1 aromatic heterocycles. The monoisotopic (exact) mass is 472 g/mol. The van der Waals surface area contributed by atoms with Crippen LogP contribution in [0.5, 0.6) is 0 Å². The summed E-state index contributed by atoms with van der Waals surface area (Å²) in [5.41, 5.74) is 4.53. The Balaban J connectivity index is 1.61. The summed E-state index contributed by atoms with van der Waals surface area (Å²) in [5.74, 6) is -0.728. The zero-order chi connectivity index (χ0) is 18.1. The van der Waals surface area contributed by atoms with E-state index in [1.54, 1.807) is 17.4 Å². The van der Waals surface area contributed by atoms with Crippen molar-refractivity contribution in [2.24, 2.45) is 0 Å². The normalized spacial score (nSPS) is 15.6. The van der Waals surface area contributed by atoms with Gasteiger partial charge in [0, 0.05) is 13.3 Å². The van der Waals surface area contributed by atoms with E-state index in [0.717, 1.165) is 18.9 Å². The lowest BCUT2D eigenvalue weighted by atomic mass is 10.2. The molecule has 1 saturated heterocycles. The van der Waals surface area contributed by atoms with Gasteiger partial charge < -0.3 is 0 Å². The maximum Gasteiger partial charge on any atom is 0.282 e. The predicted octanol–water partition coefficient (Wildman–Crippen LogP) is 4.48. The Labute approximate surface area is 168 Å². The molecule has 2 amide bonds. The first-order valence-electron chi connectivity index (χ1n) is 7.90. The van der Waals surface area contributed by atoms with Crippen molar-refractivity contribution in [3.63, 3.8) is 0 Å². The summed E-state index contributed by atoms with van der Waals surface area (Å²) in [7, 11) is 0. The number of rotatable bonds is 3. The second-order valence-electron chi connectivity index (χ2n) is 5.68. The van der Waals surface area contributed by atoms with Crippen LogP contribution in [0.3, 0.4) is 0 Å². The summed E-state index contributed by atoms with van der Waals surface area (Å²) in [6, 6.07) is 21.3. The zero-order valence-electron chi connectivity index (χ0n) is 13.5. The van der Waals surface area contributed by atoms with Crippen molar-refractivity contribution in [3.8, 4) is 10.4 Å². The fourth-order valence-corrected chi connectivity index (χ4v) is 3.98. The first kappa shape index (κ1) is 17.0. The quantitative estimate of drug-likeness (QED) is 0.347. The van der Waals surface area contributed by atoms with Gasteiger partial charge in [0.1, 0.15) is 5.57 Å². The van der Waals surface area contributed by atoms with Crippen molar-refractivity contribution in [1.82, 2.24) is 5.43 Å². The summed E-state index contributed by atoms with van der Waals surface area (Å²) in [5, 5.41) is 1.29. The van der Waals surface area contributed by atoms with E-state index in [2.05, 4.69) is 28.0 Å². The van der Waals surface area contributed by atoms with Gasteiger partial charge in [-0.2, -0.15) is 0 Å². The van der Waals surface area contributed by atoms with Gasteiger partial charge in [-0.3, -0.25) is 15.0 Å². The van der Waals surface area contributed by atoms with E-state index in [4.69, 9.17) is 0 Å². The highest BCUT2D eigenvalue weighted by molar-refractivity contribution is 14.1. The number of benzene rings is 2. The van der Waals surface area contributed by atoms with Crippen LogP contribution in [0.25, 0.3) is 16.5 Å². The average Bonchev–Trinajstić information content (AvgIpc) is 3.24. The van der Waals surface area contributed by atoms with Crippen molar-refractivity contribution in [2.45, 2.75) is 0 Å². The maximum atomic E-state index is 12.7. The Morgan fingerprint density at radius 3 is 2.38 bits per heavy atom. The lowest BCUT2D eigenvalue weighted by Crippen LogP contribution is -2.35. The second-order valence-corrected chi connectivity index (χ2v) is 8.04. The number of nitrogens with zero attached hydrogens (tertiary/aromatic N) is 1. The van der Waals surface area contributed by atoms with Crippen LogP contribution < -0.4 is 10.4 Å². The first-order valence-corrected chi connectivity index (χ1v) is 9.79. The van der Waals surface area contributed by atoms with E-state index >= 15 is 0 Å². The predicted molar refractivity (Wildman–Crippen MR) is 113 cm³/mol. The molecule has 0 spiro atoms. The van der Waals surface area contributed by atoms with Crippen molar-refractivity contribution in [1.29, 1.82) is 0 Å². The topological polar surface area (TPSA) is 49.4 Å². The van der Waals surface area contributed by atoms with Gasteiger partial charge in [-0.1, -0.05) is 30.3 Å². The largest absolute Gasteiger partial charge is 0.282 e.